The highest BCUT2D eigenvalue weighted by molar-refractivity contribution is 5.94. The van der Waals surface area contributed by atoms with Crippen LogP contribution in [0.4, 0.5) is 5.69 Å². The Morgan fingerprint density at radius 1 is 1.08 bits per heavy atom. The van der Waals surface area contributed by atoms with Crippen molar-refractivity contribution < 1.29 is 23.8 Å². The molecule has 0 unspecified atom stereocenters. The third-order valence-corrected chi connectivity index (χ3v) is 3.42. The first-order valence-electron chi connectivity index (χ1n) is 7.88. The number of carbonyl (C=O) groups is 2. The van der Waals surface area contributed by atoms with E-state index in [0.29, 0.717) is 29.4 Å². The molecular weight excluding hydrogens is 322 g/mol. The van der Waals surface area contributed by atoms with Crippen molar-refractivity contribution in [2.24, 2.45) is 0 Å². The Labute approximate surface area is 146 Å². The van der Waals surface area contributed by atoms with Crippen molar-refractivity contribution in [2.75, 3.05) is 25.6 Å². The number of benzene rings is 2. The Hall–Kier alpha value is -3.02. The third kappa shape index (κ3) is 5.24. The summed E-state index contributed by atoms with van der Waals surface area (Å²) in [6.45, 7) is 3.74. The standard InChI is InChI=1S/C19H21NO5/c1-4-24-19(22)14-8-9-17(13(2)10-14)20-18(21)12-25-16-7-5-6-15(11-16)23-3/h5-11H,4,12H2,1-3H3,(H,20,21). The van der Waals surface area contributed by atoms with Crippen molar-refractivity contribution in [1.82, 2.24) is 0 Å². The monoisotopic (exact) mass is 343 g/mol. The highest BCUT2D eigenvalue weighted by atomic mass is 16.5. The lowest BCUT2D eigenvalue weighted by atomic mass is 10.1. The van der Waals surface area contributed by atoms with E-state index in [0.717, 1.165) is 5.56 Å². The minimum atomic E-state index is -0.384. The summed E-state index contributed by atoms with van der Waals surface area (Å²) in [4.78, 5) is 23.8. The van der Waals surface area contributed by atoms with Gasteiger partial charge in [-0.2, -0.15) is 0 Å². The van der Waals surface area contributed by atoms with Gasteiger partial charge in [0.2, 0.25) is 0 Å². The number of methoxy groups -OCH3 is 1. The van der Waals surface area contributed by atoms with Crippen LogP contribution < -0.4 is 14.8 Å². The maximum absolute atomic E-state index is 12.1. The molecule has 132 valence electrons. The van der Waals surface area contributed by atoms with Gasteiger partial charge in [-0.25, -0.2) is 4.79 Å². The number of carbonyl (C=O) groups excluding carboxylic acids is 2. The van der Waals surface area contributed by atoms with Crippen molar-refractivity contribution in [2.45, 2.75) is 13.8 Å². The summed E-state index contributed by atoms with van der Waals surface area (Å²) < 4.78 is 15.5. The van der Waals surface area contributed by atoms with Gasteiger partial charge in [-0.15, -0.1) is 0 Å². The largest absolute Gasteiger partial charge is 0.497 e. The smallest absolute Gasteiger partial charge is 0.338 e. The van der Waals surface area contributed by atoms with Crippen molar-refractivity contribution >= 4 is 17.6 Å². The zero-order valence-corrected chi connectivity index (χ0v) is 14.5. The molecule has 2 aromatic rings. The van der Waals surface area contributed by atoms with Crippen LogP contribution >= 0.6 is 0 Å². The molecule has 25 heavy (non-hydrogen) atoms. The molecule has 6 heteroatoms. The number of aryl methyl sites for hydroxylation is 1. The van der Waals surface area contributed by atoms with Crippen LogP contribution in [0, 0.1) is 6.92 Å². The molecule has 0 bridgehead atoms. The van der Waals surface area contributed by atoms with Gasteiger partial charge in [0.15, 0.2) is 6.61 Å². The Morgan fingerprint density at radius 2 is 1.84 bits per heavy atom. The van der Waals surface area contributed by atoms with Crippen molar-refractivity contribution in [3.05, 3.63) is 53.6 Å². The average Bonchev–Trinajstić information content (AvgIpc) is 2.62. The third-order valence-electron chi connectivity index (χ3n) is 3.42. The minimum Gasteiger partial charge on any atom is -0.497 e. The minimum absolute atomic E-state index is 0.133. The summed E-state index contributed by atoms with van der Waals surface area (Å²) in [6.07, 6.45) is 0. The predicted octanol–water partition coefficient (Wildman–Crippen LogP) is 3.20. The molecule has 0 aromatic heterocycles. The van der Waals surface area contributed by atoms with Crippen molar-refractivity contribution in [3.8, 4) is 11.5 Å². The first-order chi connectivity index (χ1) is 12.0. The number of ether oxygens (including phenoxy) is 3. The Balaban J connectivity index is 1.94. The summed E-state index contributed by atoms with van der Waals surface area (Å²) in [5, 5.41) is 2.76. The first kappa shape index (κ1) is 18.3. The van der Waals surface area contributed by atoms with E-state index in [4.69, 9.17) is 14.2 Å². The lowest BCUT2D eigenvalue weighted by molar-refractivity contribution is -0.118. The summed E-state index contributed by atoms with van der Waals surface area (Å²) in [6, 6.07) is 12.0. The highest BCUT2D eigenvalue weighted by Gasteiger charge is 2.11. The number of anilines is 1. The molecule has 0 aliphatic rings. The van der Waals surface area contributed by atoms with Crippen LogP contribution in [-0.2, 0) is 9.53 Å². The Morgan fingerprint density at radius 3 is 2.52 bits per heavy atom. The summed E-state index contributed by atoms with van der Waals surface area (Å²) >= 11 is 0. The van der Waals surface area contributed by atoms with Gasteiger partial charge in [-0.3, -0.25) is 4.79 Å². The van der Waals surface area contributed by atoms with Gasteiger partial charge in [0.25, 0.3) is 5.91 Å². The van der Waals surface area contributed by atoms with Gasteiger partial charge in [-0.05, 0) is 49.7 Å². The van der Waals surface area contributed by atoms with Crippen LogP contribution in [0.5, 0.6) is 11.5 Å². The van der Waals surface area contributed by atoms with E-state index in [1.54, 1.807) is 63.4 Å². The van der Waals surface area contributed by atoms with Crippen LogP contribution in [-0.4, -0.2) is 32.2 Å². The summed E-state index contributed by atoms with van der Waals surface area (Å²) in [5.74, 6) is 0.520. The number of rotatable bonds is 7. The molecule has 0 radical (unpaired) electrons. The molecule has 0 aliphatic carbocycles. The van der Waals surface area contributed by atoms with E-state index in [1.807, 2.05) is 0 Å². The van der Waals surface area contributed by atoms with Crippen LogP contribution in [0.2, 0.25) is 0 Å². The molecule has 2 rings (SSSR count). The zero-order chi connectivity index (χ0) is 18.2. The number of esters is 1. The van der Waals surface area contributed by atoms with E-state index in [2.05, 4.69) is 5.32 Å². The molecule has 1 amide bonds. The van der Waals surface area contributed by atoms with Crippen LogP contribution in [0.25, 0.3) is 0 Å². The molecular formula is C19H21NO5. The maximum Gasteiger partial charge on any atom is 0.338 e. The van der Waals surface area contributed by atoms with Crippen LogP contribution in [0.1, 0.15) is 22.8 Å². The molecule has 0 heterocycles. The first-order valence-corrected chi connectivity index (χ1v) is 7.88. The second-order valence-corrected chi connectivity index (χ2v) is 5.27. The van der Waals surface area contributed by atoms with Crippen molar-refractivity contribution in [1.29, 1.82) is 0 Å². The van der Waals surface area contributed by atoms with Crippen LogP contribution in [0.15, 0.2) is 42.5 Å². The SMILES string of the molecule is CCOC(=O)c1ccc(NC(=O)COc2cccc(OC)c2)c(C)c1. The topological polar surface area (TPSA) is 73.9 Å². The molecule has 1 N–H and O–H groups in total. The lowest BCUT2D eigenvalue weighted by Crippen LogP contribution is -2.20. The highest BCUT2D eigenvalue weighted by Crippen LogP contribution is 2.20. The number of amides is 1. The number of hydrogen-bond acceptors (Lipinski definition) is 5. The molecule has 0 fully saturated rings. The van der Waals surface area contributed by atoms with Gasteiger partial charge < -0.3 is 19.5 Å². The Kier molecular flexibility index (Phi) is 6.39. The van der Waals surface area contributed by atoms with E-state index in [-0.39, 0.29) is 18.5 Å². The van der Waals surface area contributed by atoms with E-state index in [1.165, 1.54) is 0 Å². The number of nitrogens with one attached hydrogen (secondary N) is 1. The van der Waals surface area contributed by atoms with E-state index < -0.39 is 0 Å². The van der Waals surface area contributed by atoms with Gasteiger partial charge in [0.05, 0.1) is 19.3 Å². The Bertz CT molecular complexity index is 757. The fourth-order valence-corrected chi connectivity index (χ4v) is 2.17. The molecule has 0 atom stereocenters. The van der Waals surface area contributed by atoms with E-state index in [9.17, 15) is 9.59 Å². The van der Waals surface area contributed by atoms with Crippen molar-refractivity contribution in [3.63, 3.8) is 0 Å². The van der Waals surface area contributed by atoms with Crippen LogP contribution in [0.3, 0.4) is 0 Å². The van der Waals surface area contributed by atoms with E-state index >= 15 is 0 Å². The van der Waals surface area contributed by atoms with Gasteiger partial charge in [0.1, 0.15) is 11.5 Å². The fourth-order valence-electron chi connectivity index (χ4n) is 2.17. The zero-order valence-electron chi connectivity index (χ0n) is 14.5. The molecule has 0 aliphatic heterocycles. The molecule has 0 saturated carbocycles. The second kappa shape index (κ2) is 8.73. The average molecular weight is 343 g/mol. The summed E-state index contributed by atoms with van der Waals surface area (Å²) in [7, 11) is 1.56. The normalized spacial score (nSPS) is 10.0. The van der Waals surface area contributed by atoms with Gasteiger partial charge in [-0.1, -0.05) is 6.07 Å². The maximum atomic E-state index is 12.1. The molecule has 6 nitrogen and oxygen atoms in total. The number of hydrogen-bond donors (Lipinski definition) is 1. The molecule has 2 aromatic carbocycles. The quantitative estimate of drug-likeness (QED) is 0.782. The van der Waals surface area contributed by atoms with Gasteiger partial charge >= 0.3 is 5.97 Å². The molecule has 0 spiro atoms. The predicted molar refractivity (Wildman–Crippen MR) is 94.3 cm³/mol. The molecule has 0 saturated heterocycles. The van der Waals surface area contributed by atoms with Gasteiger partial charge in [0, 0.05) is 11.8 Å². The second-order valence-electron chi connectivity index (χ2n) is 5.27. The lowest BCUT2D eigenvalue weighted by Gasteiger charge is -2.11. The summed E-state index contributed by atoms with van der Waals surface area (Å²) in [5.41, 5.74) is 1.83. The fraction of sp³-hybridized carbons (Fsp3) is 0.263.